The van der Waals surface area contributed by atoms with Crippen LogP contribution in [-0.4, -0.2) is 17.9 Å². The summed E-state index contributed by atoms with van der Waals surface area (Å²) in [5, 5.41) is 9.03. The molecule has 1 aromatic rings. The molecule has 1 fully saturated rings. The van der Waals surface area contributed by atoms with E-state index in [0.717, 1.165) is 28.6 Å². The second-order valence-corrected chi connectivity index (χ2v) is 5.62. The lowest BCUT2D eigenvalue weighted by Gasteiger charge is -2.16. The molecule has 5 heteroatoms. The monoisotopic (exact) mass is 312 g/mol. The third kappa shape index (κ3) is 2.19. The Morgan fingerprint density at radius 1 is 1.39 bits per heavy atom. The van der Waals surface area contributed by atoms with Crippen molar-refractivity contribution >= 4 is 21.9 Å². The number of benzene rings is 1. The second kappa shape index (κ2) is 4.46. The summed E-state index contributed by atoms with van der Waals surface area (Å²) >= 11 is 3.51. The van der Waals surface area contributed by atoms with Gasteiger partial charge in [0.1, 0.15) is 0 Å². The van der Waals surface area contributed by atoms with Crippen molar-refractivity contribution in [3.63, 3.8) is 0 Å². The molecule has 0 aromatic heterocycles. The van der Waals surface area contributed by atoms with Crippen LogP contribution < -0.4 is 9.47 Å². The van der Waals surface area contributed by atoms with Crippen LogP contribution in [0.1, 0.15) is 30.7 Å². The Labute approximate surface area is 113 Å². The summed E-state index contributed by atoms with van der Waals surface area (Å²) in [4.78, 5) is 11.0. The van der Waals surface area contributed by atoms with E-state index in [9.17, 15) is 4.79 Å². The topological polar surface area (TPSA) is 55.8 Å². The van der Waals surface area contributed by atoms with Crippen LogP contribution in [0.15, 0.2) is 16.6 Å². The van der Waals surface area contributed by atoms with E-state index in [0.29, 0.717) is 11.7 Å². The van der Waals surface area contributed by atoms with E-state index < -0.39 is 5.97 Å². The van der Waals surface area contributed by atoms with Crippen LogP contribution in [0.25, 0.3) is 0 Å². The largest absolute Gasteiger partial charge is 0.481 e. The van der Waals surface area contributed by atoms with Crippen LogP contribution in [0.4, 0.5) is 0 Å². The molecule has 1 aliphatic carbocycles. The highest BCUT2D eigenvalue weighted by molar-refractivity contribution is 9.10. The molecule has 0 spiro atoms. The zero-order chi connectivity index (χ0) is 12.7. The van der Waals surface area contributed by atoms with E-state index in [2.05, 4.69) is 15.9 Å². The van der Waals surface area contributed by atoms with E-state index in [1.165, 1.54) is 0 Å². The van der Waals surface area contributed by atoms with Gasteiger partial charge in [-0.2, -0.15) is 0 Å². The molecule has 1 atom stereocenters. The first-order valence-electron chi connectivity index (χ1n) is 5.96. The number of carboxylic acid groups (broad SMARTS) is 1. The Hall–Kier alpha value is -1.23. The Bertz CT molecular complexity index is 496. The molecule has 1 aromatic carbocycles. The zero-order valence-electron chi connectivity index (χ0n) is 9.69. The first-order valence-corrected chi connectivity index (χ1v) is 6.75. The molecule has 96 valence electrons. The second-order valence-electron chi connectivity index (χ2n) is 4.77. The summed E-state index contributed by atoms with van der Waals surface area (Å²) in [6, 6.07) is 3.78. The summed E-state index contributed by atoms with van der Waals surface area (Å²) in [6.45, 7) is 0.234. The van der Waals surface area contributed by atoms with Crippen molar-refractivity contribution in [2.24, 2.45) is 5.92 Å². The minimum atomic E-state index is -0.753. The Morgan fingerprint density at radius 3 is 2.67 bits per heavy atom. The smallest absolute Gasteiger partial charge is 0.303 e. The highest BCUT2D eigenvalue weighted by atomic mass is 79.9. The number of fused-ring (bicyclic) bond motifs is 1. The molecular weight excluding hydrogens is 300 g/mol. The highest BCUT2D eigenvalue weighted by Gasteiger charge is 2.35. The van der Waals surface area contributed by atoms with Gasteiger partial charge >= 0.3 is 5.97 Å². The molecule has 18 heavy (non-hydrogen) atoms. The van der Waals surface area contributed by atoms with Gasteiger partial charge in [0.2, 0.25) is 6.79 Å². The maximum absolute atomic E-state index is 11.0. The summed E-state index contributed by atoms with van der Waals surface area (Å²) in [5.41, 5.74) is 1.02. The lowest BCUT2D eigenvalue weighted by atomic mass is 9.91. The van der Waals surface area contributed by atoms with Gasteiger partial charge in [0.25, 0.3) is 0 Å². The first kappa shape index (κ1) is 11.8. The molecule has 0 amide bonds. The molecule has 1 unspecified atom stereocenters. The summed E-state index contributed by atoms with van der Waals surface area (Å²) < 4.78 is 11.6. The fraction of sp³-hybridized carbons (Fsp3) is 0.462. The number of rotatable bonds is 4. The maximum atomic E-state index is 11.0. The Balaban J connectivity index is 1.95. The third-order valence-corrected chi connectivity index (χ3v) is 4.16. The average Bonchev–Trinajstić information content (AvgIpc) is 3.05. The van der Waals surface area contributed by atoms with Crippen molar-refractivity contribution in [1.29, 1.82) is 0 Å². The lowest BCUT2D eigenvalue weighted by molar-refractivity contribution is -0.137. The first-order chi connectivity index (χ1) is 8.65. The quantitative estimate of drug-likeness (QED) is 0.928. The molecule has 1 saturated carbocycles. The van der Waals surface area contributed by atoms with Gasteiger partial charge in [-0.25, -0.2) is 0 Å². The zero-order valence-corrected chi connectivity index (χ0v) is 11.3. The van der Waals surface area contributed by atoms with Crippen molar-refractivity contribution in [3.8, 4) is 11.5 Å². The molecule has 0 radical (unpaired) electrons. The molecule has 0 saturated heterocycles. The van der Waals surface area contributed by atoms with Crippen LogP contribution in [0.2, 0.25) is 0 Å². The fourth-order valence-electron chi connectivity index (χ4n) is 2.43. The number of ether oxygens (including phenoxy) is 2. The Kier molecular flexibility index (Phi) is 2.93. The summed E-state index contributed by atoms with van der Waals surface area (Å²) in [6.07, 6.45) is 2.39. The lowest BCUT2D eigenvalue weighted by Crippen LogP contribution is -2.09. The predicted molar refractivity (Wildman–Crippen MR) is 68.0 cm³/mol. The van der Waals surface area contributed by atoms with Crippen molar-refractivity contribution in [2.75, 3.05) is 6.79 Å². The molecule has 0 bridgehead atoms. The van der Waals surface area contributed by atoms with Gasteiger partial charge in [-0.1, -0.05) is 15.9 Å². The number of carboxylic acids is 1. The van der Waals surface area contributed by atoms with Gasteiger partial charge in [-0.3, -0.25) is 4.79 Å². The maximum Gasteiger partial charge on any atom is 0.303 e. The highest BCUT2D eigenvalue weighted by Crippen LogP contribution is 2.49. The normalized spacial score (nSPS) is 18.7. The van der Waals surface area contributed by atoms with Gasteiger partial charge in [0.05, 0.1) is 6.42 Å². The van der Waals surface area contributed by atoms with Crippen molar-refractivity contribution in [3.05, 3.63) is 22.2 Å². The molecule has 3 rings (SSSR count). The number of hydrogen-bond donors (Lipinski definition) is 1. The summed E-state index contributed by atoms with van der Waals surface area (Å²) in [7, 11) is 0. The van der Waals surface area contributed by atoms with E-state index in [-0.39, 0.29) is 19.1 Å². The van der Waals surface area contributed by atoms with Crippen molar-refractivity contribution in [2.45, 2.75) is 25.2 Å². The molecule has 4 nitrogen and oxygen atoms in total. The summed E-state index contributed by atoms with van der Waals surface area (Å²) in [5.74, 6) is 1.22. The van der Waals surface area contributed by atoms with E-state index >= 15 is 0 Å². The van der Waals surface area contributed by atoms with Gasteiger partial charge in [-0.05, 0) is 42.4 Å². The van der Waals surface area contributed by atoms with Gasteiger partial charge in [-0.15, -0.1) is 0 Å². The fourth-order valence-corrected chi connectivity index (χ4v) is 3.05. The number of halogens is 1. The number of aliphatic carboxylic acids is 1. The molecule has 2 aliphatic rings. The van der Waals surface area contributed by atoms with E-state index in [4.69, 9.17) is 14.6 Å². The van der Waals surface area contributed by atoms with Gasteiger partial charge < -0.3 is 14.6 Å². The van der Waals surface area contributed by atoms with Crippen molar-refractivity contribution in [1.82, 2.24) is 0 Å². The third-order valence-electron chi connectivity index (χ3n) is 3.48. The average molecular weight is 313 g/mol. The van der Waals surface area contributed by atoms with Crippen LogP contribution in [0.5, 0.6) is 11.5 Å². The van der Waals surface area contributed by atoms with Gasteiger partial charge in [0.15, 0.2) is 11.5 Å². The predicted octanol–water partition coefficient (Wildman–Crippen LogP) is 3.15. The van der Waals surface area contributed by atoms with Crippen LogP contribution in [0, 0.1) is 5.92 Å². The minimum Gasteiger partial charge on any atom is -0.481 e. The number of carbonyl (C=O) groups is 1. The standard InChI is InChI=1S/C13H13BrO4/c14-10-5-12-11(17-6-18-12)3-9(10)8(4-13(15)16)7-1-2-7/h3,5,7-8H,1-2,4,6H2,(H,15,16). The van der Waals surface area contributed by atoms with E-state index in [1.54, 1.807) is 0 Å². The molecular formula is C13H13BrO4. The van der Waals surface area contributed by atoms with Crippen LogP contribution >= 0.6 is 15.9 Å². The van der Waals surface area contributed by atoms with Gasteiger partial charge in [0, 0.05) is 4.47 Å². The van der Waals surface area contributed by atoms with Crippen molar-refractivity contribution < 1.29 is 19.4 Å². The van der Waals surface area contributed by atoms with E-state index in [1.807, 2.05) is 12.1 Å². The van der Waals surface area contributed by atoms with Crippen LogP contribution in [0.3, 0.4) is 0 Å². The minimum absolute atomic E-state index is 0.0615. The van der Waals surface area contributed by atoms with Crippen LogP contribution in [-0.2, 0) is 4.79 Å². The molecule has 1 aliphatic heterocycles. The molecule has 1 N–H and O–H groups in total. The Morgan fingerprint density at radius 2 is 2.06 bits per heavy atom. The SMILES string of the molecule is O=C(O)CC(c1cc2c(cc1Br)OCO2)C1CC1. The number of hydrogen-bond acceptors (Lipinski definition) is 3. The molecule has 1 heterocycles.